The maximum atomic E-state index is 13.6. The Morgan fingerprint density at radius 1 is 1.22 bits per heavy atom. The van der Waals surface area contributed by atoms with Gasteiger partial charge in [-0.1, -0.05) is 47.6 Å². The highest BCUT2D eigenvalue weighted by molar-refractivity contribution is 7.90. The normalized spacial score (nSPS) is 13.3. The van der Waals surface area contributed by atoms with E-state index in [0.29, 0.717) is 0 Å². The van der Waals surface area contributed by atoms with Crippen molar-refractivity contribution in [2.75, 3.05) is 12.9 Å². The summed E-state index contributed by atoms with van der Waals surface area (Å²) in [5.41, 5.74) is 4.19. The molecule has 2 aromatic carbocycles. The fraction of sp³-hybridized carbons (Fsp3) is 0.174. The Morgan fingerprint density at radius 3 is 2.56 bits per heavy atom. The zero-order valence-electron chi connectivity index (χ0n) is 19.0. The van der Waals surface area contributed by atoms with E-state index in [0.717, 1.165) is 18.4 Å². The number of allylic oxidation sites excluding steroid dienone is 1. The zero-order chi connectivity index (χ0) is 26.7. The largest absolute Gasteiger partial charge is 0.492 e. The average molecular weight is 541 g/mol. The van der Waals surface area contributed by atoms with Crippen LogP contribution < -0.4 is 5.73 Å². The Balaban J connectivity index is 2.20. The summed E-state index contributed by atoms with van der Waals surface area (Å²) in [5.74, 6) is -0.470. The number of nitrogens with two attached hydrogens (primary N) is 1. The number of alkyl halides is 3. The molecule has 0 saturated heterocycles. The first-order valence-electron chi connectivity index (χ1n) is 10.2. The SMILES string of the molecule is C=C(OCC)C(N)=C(Cl)C(=Nc1ccccc1C(F)(F)F)c1nc(-c2cccc(S(C)(=O)=O)c2)no1. The van der Waals surface area contributed by atoms with Gasteiger partial charge >= 0.3 is 6.18 Å². The lowest BCUT2D eigenvalue weighted by atomic mass is 10.1. The van der Waals surface area contributed by atoms with Crippen LogP contribution in [0.25, 0.3) is 11.4 Å². The molecule has 0 aliphatic rings. The van der Waals surface area contributed by atoms with Crippen molar-refractivity contribution < 1.29 is 30.8 Å². The van der Waals surface area contributed by atoms with Crippen LogP contribution in [0.15, 0.2) is 86.0 Å². The van der Waals surface area contributed by atoms with E-state index in [-0.39, 0.29) is 51.0 Å². The van der Waals surface area contributed by atoms with Crippen LogP contribution in [0.5, 0.6) is 0 Å². The van der Waals surface area contributed by atoms with Gasteiger partial charge in [0.2, 0.25) is 5.82 Å². The van der Waals surface area contributed by atoms with Crippen LogP contribution in [-0.4, -0.2) is 37.1 Å². The maximum Gasteiger partial charge on any atom is 0.418 e. The molecule has 0 atom stereocenters. The summed E-state index contributed by atoms with van der Waals surface area (Å²) in [6, 6.07) is 10.3. The van der Waals surface area contributed by atoms with E-state index >= 15 is 0 Å². The van der Waals surface area contributed by atoms with Crippen molar-refractivity contribution in [2.24, 2.45) is 10.7 Å². The van der Waals surface area contributed by atoms with Gasteiger partial charge in [-0.15, -0.1) is 0 Å². The van der Waals surface area contributed by atoms with Crippen molar-refractivity contribution in [2.45, 2.75) is 18.0 Å². The summed E-state index contributed by atoms with van der Waals surface area (Å²) in [4.78, 5) is 8.24. The highest BCUT2D eigenvalue weighted by Gasteiger charge is 2.34. The molecule has 0 fully saturated rings. The number of aromatic nitrogens is 2. The second-order valence-electron chi connectivity index (χ2n) is 7.28. The van der Waals surface area contributed by atoms with Gasteiger partial charge in [0.1, 0.15) is 11.5 Å². The monoisotopic (exact) mass is 540 g/mol. The van der Waals surface area contributed by atoms with Crippen LogP contribution in [0.3, 0.4) is 0 Å². The average Bonchev–Trinajstić information content (AvgIpc) is 3.31. The predicted octanol–water partition coefficient (Wildman–Crippen LogP) is 5.24. The summed E-state index contributed by atoms with van der Waals surface area (Å²) >= 11 is 6.41. The Bertz CT molecular complexity index is 1460. The van der Waals surface area contributed by atoms with Gasteiger partial charge in [-0.25, -0.2) is 13.4 Å². The lowest BCUT2D eigenvalue weighted by Gasteiger charge is -2.12. The topological polar surface area (TPSA) is 121 Å². The third-order valence-electron chi connectivity index (χ3n) is 4.65. The summed E-state index contributed by atoms with van der Waals surface area (Å²) in [6.07, 6.45) is -3.68. The van der Waals surface area contributed by atoms with Crippen molar-refractivity contribution in [3.05, 3.63) is 83.1 Å². The fourth-order valence-corrected chi connectivity index (χ4v) is 3.82. The molecule has 0 aliphatic carbocycles. The summed E-state index contributed by atoms with van der Waals surface area (Å²) in [5, 5.41) is 3.46. The Morgan fingerprint density at radius 2 is 1.92 bits per heavy atom. The van der Waals surface area contributed by atoms with Gasteiger partial charge in [-0.2, -0.15) is 18.2 Å². The van der Waals surface area contributed by atoms with Gasteiger partial charge in [0, 0.05) is 11.8 Å². The van der Waals surface area contributed by atoms with Gasteiger partial charge in [-0.3, -0.25) is 0 Å². The number of benzene rings is 2. The van der Waals surface area contributed by atoms with Gasteiger partial charge < -0.3 is 15.0 Å². The molecule has 0 amide bonds. The number of ether oxygens (including phenoxy) is 1. The van der Waals surface area contributed by atoms with Crippen LogP contribution >= 0.6 is 11.6 Å². The molecule has 1 aromatic heterocycles. The minimum atomic E-state index is -4.71. The van der Waals surface area contributed by atoms with E-state index in [4.69, 9.17) is 26.6 Å². The molecule has 0 spiro atoms. The maximum absolute atomic E-state index is 13.6. The molecule has 3 rings (SSSR count). The highest BCUT2D eigenvalue weighted by Crippen LogP contribution is 2.37. The quantitative estimate of drug-likeness (QED) is 0.235. The Labute approximate surface area is 209 Å². The second kappa shape index (κ2) is 10.5. The fourth-order valence-electron chi connectivity index (χ4n) is 2.93. The number of halogens is 4. The molecule has 0 saturated carbocycles. The third-order valence-corrected chi connectivity index (χ3v) is 6.15. The number of hydrogen-bond acceptors (Lipinski definition) is 8. The van der Waals surface area contributed by atoms with E-state index < -0.39 is 27.3 Å². The Kier molecular flexibility index (Phi) is 7.89. The molecule has 0 unspecified atom stereocenters. The number of sulfone groups is 1. The van der Waals surface area contributed by atoms with Gasteiger partial charge in [0.15, 0.2) is 9.84 Å². The first kappa shape index (κ1) is 27.0. The standard InChI is InChI=1S/C23H20ClF3N4O4S/c1-4-34-13(2)19(28)18(24)20(29-17-11-6-5-10-16(17)23(25,26)27)22-30-21(31-35-22)14-8-7-9-15(12-14)36(3,32)33/h5-12H,2,4,28H2,1,3H3. The zero-order valence-corrected chi connectivity index (χ0v) is 20.6. The van der Waals surface area contributed by atoms with Crippen molar-refractivity contribution in [1.29, 1.82) is 0 Å². The van der Waals surface area contributed by atoms with Crippen molar-refractivity contribution in [3.63, 3.8) is 0 Å². The summed E-state index contributed by atoms with van der Waals surface area (Å²) < 4.78 is 75.0. The molecule has 2 N–H and O–H groups in total. The molecule has 0 radical (unpaired) electrons. The number of rotatable bonds is 8. The van der Waals surface area contributed by atoms with E-state index in [1.807, 2.05) is 0 Å². The second-order valence-corrected chi connectivity index (χ2v) is 9.68. The molecule has 190 valence electrons. The lowest BCUT2D eigenvalue weighted by molar-refractivity contribution is -0.137. The molecular weight excluding hydrogens is 521 g/mol. The van der Waals surface area contributed by atoms with Crippen LogP contribution in [0.2, 0.25) is 0 Å². The van der Waals surface area contributed by atoms with Gasteiger partial charge in [-0.05, 0) is 31.2 Å². The lowest BCUT2D eigenvalue weighted by Crippen LogP contribution is -2.13. The summed E-state index contributed by atoms with van der Waals surface area (Å²) in [6.45, 7) is 5.52. The number of nitrogens with zero attached hydrogens (tertiary/aromatic N) is 3. The molecule has 1 heterocycles. The van der Waals surface area contributed by atoms with Crippen LogP contribution in [0.4, 0.5) is 18.9 Å². The van der Waals surface area contributed by atoms with E-state index in [9.17, 15) is 21.6 Å². The highest BCUT2D eigenvalue weighted by atomic mass is 35.5. The van der Waals surface area contributed by atoms with E-state index in [1.54, 1.807) is 6.92 Å². The molecular formula is C23H20ClF3N4O4S. The van der Waals surface area contributed by atoms with E-state index in [1.165, 1.54) is 36.4 Å². The van der Waals surface area contributed by atoms with Gasteiger partial charge in [0.25, 0.3) is 5.89 Å². The molecule has 0 aliphatic heterocycles. The number of hydrogen-bond donors (Lipinski definition) is 1. The minimum Gasteiger partial charge on any atom is -0.492 e. The first-order valence-corrected chi connectivity index (χ1v) is 12.5. The molecule has 36 heavy (non-hydrogen) atoms. The van der Waals surface area contributed by atoms with Crippen molar-refractivity contribution in [3.8, 4) is 11.4 Å². The van der Waals surface area contributed by atoms with Crippen molar-refractivity contribution >= 4 is 32.8 Å². The Hall–Kier alpha value is -3.64. The van der Waals surface area contributed by atoms with Crippen LogP contribution in [0.1, 0.15) is 18.4 Å². The van der Waals surface area contributed by atoms with Crippen molar-refractivity contribution in [1.82, 2.24) is 10.1 Å². The number of aliphatic imine (C=N–C) groups is 1. The first-order chi connectivity index (χ1) is 16.8. The minimum absolute atomic E-state index is 0.00883. The van der Waals surface area contributed by atoms with Crippen LogP contribution in [0, 0.1) is 0 Å². The predicted molar refractivity (Wildman–Crippen MR) is 128 cm³/mol. The van der Waals surface area contributed by atoms with Gasteiger partial charge in [0.05, 0.1) is 33.5 Å². The molecule has 8 nitrogen and oxygen atoms in total. The molecule has 3 aromatic rings. The smallest absolute Gasteiger partial charge is 0.418 e. The number of para-hydroxylation sites is 1. The molecule has 13 heteroatoms. The summed E-state index contributed by atoms with van der Waals surface area (Å²) in [7, 11) is -3.53. The van der Waals surface area contributed by atoms with E-state index in [2.05, 4.69) is 21.7 Å². The third kappa shape index (κ3) is 6.13. The molecule has 0 bridgehead atoms. The van der Waals surface area contributed by atoms with Crippen LogP contribution in [-0.2, 0) is 20.8 Å².